The third-order valence-electron chi connectivity index (χ3n) is 5.34. The van der Waals surface area contributed by atoms with Gasteiger partial charge in [0.1, 0.15) is 11.6 Å². The number of halogens is 3. The normalized spacial score (nSPS) is 12.2. The van der Waals surface area contributed by atoms with Crippen LogP contribution in [0.15, 0.2) is 47.2 Å². The summed E-state index contributed by atoms with van der Waals surface area (Å²) in [5.41, 5.74) is 4.46. The Bertz CT molecular complexity index is 1220. The maximum absolute atomic E-state index is 13.8. The van der Waals surface area contributed by atoms with Crippen molar-refractivity contribution >= 4 is 33.7 Å². The summed E-state index contributed by atoms with van der Waals surface area (Å²) in [5, 5.41) is 2.98. The summed E-state index contributed by atoms with van der Waals surface area (Å²) < 4.78 is 28.3. The highest BCUT2D eigenvalue weighted by Crippen LogP contribution is 2.26. The second kappa shape index (κ2) is 11.3. The van der Waals surface area contributed by atoms with Gasteiger partial charge in [0.15, 0.2) is 5.78 Å². The van der Waals surface area contributed by atoms with Crippen LogP contribution in [-0.2, 0) is 28.9 Å². The molecule has 0 saturated carbocycles. The molecule has 0 radical (unpaired) electrons. The van der Waals surface area contributed by atoms with Gasteiger partial charge in [0.2, 0.25) is 5.91 Å². The van der Waals surface area contributed by atoms with E-state index in [2.05, 4.69) is 31.2 Å². The molecule has 8 heteroatoms. The van der Waals surface area contributed by atoms with Crippen LogP contribution < -0.4 is 5.32 Å². The lowest BCUT2D eigenvalue weighted by atomic mass is 10.0. The van der Waals surface area contributed by atoms with Gasteiger partial charge in [-0.3, -0.25) is 14.6 Å². The number of carbonyl (C=O) groups is 2. The fourth-order valence-corrected chi connectivity index (χ4v) is 4.58. The number of nitrogens with zero attached hydrogens (tertiary/aromatic N) is 1. The molecule has 34 heavy (non-hydrogen) atoms. The summed E-state index contributed by atoms with van der Waals surface area (Å²) in [6.45, 7) is 5.35. The number of hydrogen-bond donors (Lipinski definition) is 2. The van der Waals surface area contributed by atoms with Crippen LogP contribution in [0.3, 0.4) is 0 Å². The number of allylic oxidation sites excluding steroid dienone is 1. The highest BCUT2D eigenvalue weighted by molar-refractivity contribution is 9.10. The number of amides is 1. The van der Waals surface area contributed by atoms with E-state index in [9.17, 15) is 18.4 Å². The zero-order valence-corrected chi connectivity index (χ0v) is 20.8. The number of aromatic amines is 1. The number of hydrogen-bond acceptors (Lipinski definition) is 3. The van der Waals surface area contributed by atoms with Gasteiger partial charge in [-0.25, -0.2) is 8.78 Å². The van der Waals surface area contributed by atoms with E-state index in [1.807, 2.05) is 19.9 Å². The Kier molecular flexibility index (Phi) is 8.50. The summed E-state index contributed by atoms with van der Waals surface area (Å²) in [4.78, 5) is 31.9. The Labute approximate surface area is 205 Å². The van der Waals surface area contributed by atoms with Crippen LogP contribution in [0.1, 0.15) is 53.5 Å². The first kappa shape index (κ1) is 25.5. The van der Waals surface area contributed by atoms with Crippen molar-refractivity contribution in [3.63, 3.8) is 0 Å². The van der Waals surface area contributed by atoms with Gasteiger partial charge in [0.25, 0.3) is 0 Å². The molecule has 1 aromatic carbocycles. The van der Waals surface area contributed by atoms with Crippen molar-refractivity contribution in [1.82, 2.24) is 15.3 Å². The van der Waals surface area contributed by atoms with Gasteiger partial charge >= 0.3 is 0 Å². The average molecular weight is 530 g/mol. The molecule has 0 fully saturated rings. The van der Waals surface area contributed by atoms with Crippen LogP contribution in [0, 0.1) is 18.6 Å². The van der Waals surface area contributed by atoms with Gasteiger partial charge in [-0.1, -0.05) is 6.92 Å². The number of aryl methyl sites for hydroxylation is 1. The number of rotatable bonds is 9. The molecular formula is C26H26BrF2N3O2. The van der Waals surface area contributed by atoms with Gasteiger partial charge in [0, 0.05) is 28.6 Å². The molecule has 3 aromatic rings. The van der Waals surface area contributed by atoms with Gasteiger partial charge < -0.3 is 10.3 Å². The summed E-state index contributed by atoms with van der Waals surface area (Å²) in [5.74, 6) is -1.68. The zero-order chi connectivity index (χ0) is 24.8. The number of pyridine rings is 1. The molecule has 2 N–H and O–H groups in total. The summed E-state index contributed by atoms with van der Waals surface area (Å²) >= 11 is 3.50. The van der Waals surface area contributed by atoms with E-state index in [1.54, 1.807) is 18.5 Å². The van der Waals surface area contributed by atoms with Gasteiger partial charge in [-0.15, -0.1) is 0 Å². The van der Waals surface area contributed by atoms with Gasteiger partial charge in [-0.2, -0.15) is 0 Å². The van der Waals surface area contributed by atoms with E-state index in [4.69, 9.17) is 0 Å². The van der Waals surface area contributed by atoms with Gasteiger partial charge in [0.05, 0.1) is 18.2 Å². The highest BCUT2D eigenvalue weighted by atomic mass is 79.9. The molecule has 178 valence electrons. The van der Waals surface area contributed by atoms with Crippen molar-refractivity contribution < 1.29 is 18.4 Å². The van der Waals surface area contributed by atoms with Crippen molar-refractivity contribution in [3.8, 4) is 0 Å². The number of aromatic nitrogens is 2. The quantitative estimate of drug-likeness (QED) is 0.356. The number of H-pyrrole nitrogens is 1. The Hall–Kier alpha value is -3.13. The number of nitrogens with one attached hydrogen (secondary N) is 2. The van der Waals surface area contributed by atoms with E-state index in [1.165, 1.54) is 25.1 Å². The molecule has 0 bridgehead atoms. The average Bonchev–Trinajstić information content (AvgIpc) is 3.12. The SMILES string of the molecule is CCc1c(CC(=O)NC(Cc2cc(F)cc(F)c2)c2ncc(C)cc2Br)c[nH]c1/C=C\C(C)=O. The van der Waals surface area contributed by atoms with Crippen LogP contribution >= 0.6 is 15.9 Å². The second-order valence-electron chi connectivity index (χ2n) is 8.16. The Morgan fingerprint density at radius 1 is 1.21 bits per heavy atom. The summed E-state index contributed by atoms with van der Waals surface area (Å²) in [6, 6.07) is 4.58. The first-order valence-corrected chi connectivity index (χ1v) is 11.7. The Balaban J connectivity index is 1.86. The molecule has 0 saturated heterocycles. The largest absolute Gasteiger partial charge is 0.361 e. The van der Waals surface area contributed by atoms with E-state index in [0.717, 1.165) is 28.5 Å². The predicted molar refractivity (Wildman–Crippen MR) is 131 cm³/mol. The molecule has 0 spiro atoms. The van der Waals surface area contributed by atoms with Crippen LogP contribution in [0.2, 0.25) is 0 Å². The van der Waals surface area contributed by atoms with E-state index in [-0.39, 0.29) is 24.5 Å². The lowest BCUT2D eigenvalue weighted by Crippen LogP contribution is -2.32. The molecule has 1 unspecified atom stereocenters. The standard InChI is InChI=1S/C26H26BrF2N3O2/c1-4-21-18(14-30-23(21)6-5-16(3)33)11-25(34)32-24(26-22(27)7-15(2)13-31-26)10-17-8-19(28)12-20(29)9-17/h5-9,12-14,24,30H,4,10-11H2,1-3H3,(H,32,34)/b6-5-. The molecule has 2 aromatic heterocycles. The first-order valence-electron chi connectivity index (χ1n) is 10.9. The second-order valence-corrected chi connectivity index (χ2v) is 9.02. The first-order chi connectivity index (χ1) is 16.2. The third kappa shape index (κ3) is 6.70. The van der Waals surface area contributed by atoms with Crippen molar-refractivity contribution in [3.05, 3.63) is 92.5 Å². The predicted octanol–water partition coefficient (Wildman–Crippen LogP) is 5.57. The van der Waals surface area contributed by atoms with Crippen molar-refractivity contribution in [2.45, 2.75) is 46.1 Å². The number of benzene rings is 1. The molecule has 2 heterocycles. The fraction of sp³-hybridized carbons (Fsp3) is 0.269. The smallest absolute Gasteiger partial charge is 0.225 e. The molecule has 0 aliphatic carbocycles. The maximum Gasteiger partial charge on any atom is 0.225 e. The minimum absolute atomic E-state index is 0.0660. The molecular weight excluding hydrogens is 504 g/mol. The molecule has 1 atom stereocenters. The molecule has 3 rings (SSSR count). The monoisotopic (exact) mass is 529 g/mol. The zero-order valence-electron chi connectivity index (χ0n) is 19.2. The number of ketones is 1. The summed E-state index contributed by atoms with van der Waals surface area (Å²) in [7, 11) is 0. The molecule has 5 nitrogen and oxygen atoms in total. The third-order valence-corrected chi connectivity index (χ3v) is 5.97. The van der Waals surface area contributed by atoms with Crippen molar-refractivity contribution in [1.29, 1.82) is 0 Å². The molecule has 0 aliphatic rings. The van der Waals surface area contributed by atoms with Crippen LogP contribution in [-0.4, -0.2) is 21.7 Å². The van der Waals surface area contributed by atoms with Crippen LogP contribution in [0.25, 0.3) is 6.08 Å². The van der Waals surface area contributed by atoms with Gasteiger partial charge in [-0.05, 0) is 95.2 Å². The van der Waals surface area contributed by atoms with Crippen molar-refractivity contribution in [2.75, 3.05) is 0 Å². The highest BCUT2D eigenvalue weighted by Gasteiger charge is 2.21. The van der Waals surface area contributed by atoms with Crippen LogP contribution in [0.5, 0.6) is 0 Å². The minimum atomic E-state index is -0.679. The van der Waals surface area contributed by atoms with E-state index >= 15 is 0 Å². The van der Waals surface area contributed by atoms with E-state index < -0.39 is 17.7 Å². The lowest BCUT2D eigenvalue weighted by molar-refractivity contribution is -0.121. The van der Waals surface area contributed by atoms with Crippen LogP contribution in [0.4, 0.5) is 8.78 Å². The minimum Gasteiger partial charge on any atom is -0.361 e. The van der Waals surface area contributed by atoms with Crippen molar-refractivity contribution in [2.24, 2.45) is 0 Å². The molecule has 1 amide bonds. The molecule has 0 aliphatic heterocycles. The fourth-order valence-electron chi connectivity index (χ4n) is 3.84. The Morgan fingerprint density at radius 2 is 1.91 bits per heavy atom. The maximum atomic E-state index is 13.8. The topological polar surface area (TPSA) is 74.8 Å². The lowest BCUT2D eigenvalue weighted by Gasteiger charge is -2.20. The van der Waals surface area contributed by atoms with E-state index in [0.29, 0.717) is 22.2 Å². The Morgan fingerprint density at radius 3 is 2.53 bits per heavy atom. The summed E-state index contributed by atoms with van der Waals surface area (Å²) in [6.07, 6.45) is 7.57. The number of carbonyl (C=O) groups excluding carboxylic acids is 2.